The molecule has 32 heavy (non-hydrogen) atoms. The highest BCUT2D eigenvalue weighted by atomic mass is 32.2. The molecule has 0 saturated carbocycles. The first-order chi connectivity index (χ1) is 15.0. The number of amidine groups is 1. The summed E-state index contributed by atoms with van der Waals surface area (Å²) in [5.74, 6) is -0.798. The van der Waals surface area contributed by atoms with Gasteiger partial charge in [-0.2, -0.15) is 12.7 Å². The first-order valence-corrected chi connectivity index (χ1v) is 11.4. The number of nitrogens with one attached hydrogen (secondary N) is 3. The summed E-state index contributed by atoms with van der Waals surface area (Å²) in [5, 5.41) is 11.5. The van der Waals surface area contributed by atoms with Crippen LogP contribution in [0, 0.1) is 12.3 Å². The van der Waals surface area contributed by atoms with Gasteiger partial charge in [-0.05, 0) is 66.4 Å². The van der Waals surface area contributed by atoms with Crippen LogP contribution >= 0.6 is 0 Å². The highest BCUT2D eigenvalue weighted by molar-refractivity contribution is 7.87. The van der Waals surface area contributed by atoms with Crippen LogP contribution in [-0.4, -0.2) is 38.6 Å². The van der Waals surface area contributed by atoms with E-state index in [9.17, 15) is 13.2 Å². The van der Waals surface area contributed by atoms with Crippen LogP contribution in [-0.2, 0) is 21.4 Å². The van der Waals surface area contributed by atoms with Gasteiger partial charge in [0.05, 0.1) is 6.26 Å². The van der Waals surface area contributed by atoms with Gasteiger partial charge in [-0.15, -0.1) is 0 Å². The van der Waals surface area contributed by atoms with E-state index >= 15 is 0 Å². The zero-order valence-electron chi connectivity index (χ0n) is 18.4. The predicted molar refractivity (Wildman–Crippen MR) is 125 cm³/mol. The Morgan fingerprint density at radius 1 is 1.22 bits per heavy atom. The van der Waals surface area contributed by atoms with E-state index < -0.39 is 22.2 Å². The van der Waals surface area contributed by atoms with Gasteiger partial charge in [0, 0.05) is 30.7 Å². The number of aryl methyl sites for hydroxylation is 2. The number of hydrogen-bond donors (Lipinski definition) is 4. The van der Waals surface area contributed by atoms with Crippen molar-refractivity contribution < 1.29 is 17.6 Å². The van der Waals surface area contributed by atoms with E-state index in [1.54, 1.807) is 30.5 Å². The Hall–Kier alpha value is -3.37. The number of nitrogens with zero attached hydrogens (tertiary/aromatic N) is 1. The third-order valence-electron chi connectivity index (χ3n) is 5.16. The molecular weight excluding hydrogens is 430 g/mol. The van der Waals surface area contributed by atoms with Crippen molar-refractivity contribution in [3.8, 4) is 0 Å². The Morgan fingerprint density at radius 2 is 1.88 bits per heavy atom. The zero-order chi connectivity index (χ0) is 23.6. The van der Waals surface area contributed by atoms with Gasteiger partial charge >= 0.3 is 10.2 Å². The summed E-state index contributed by atoms with van der Waals surface area (Å²) < 4.78 is 33.3. The van der Waals surface area contributed by atoms with E-state index in [4.69, 9.17) is 15.6 Å². The minimum Gasteiger partial charge on any atom is -0.464 e. The Kier molecular flexibility index (Phi) is 6.56. The minimum atomic E-state index is -3.99. The molecule has 0 radical (unpaired) electrons. The third-order valence-corrected chi connectivity index (χ3v) is 6.58. The van der Waals surface area contributed by atoms with Crippen molar-refractivity contribution in [2.45, 2.75) is 26.3 Å². The number of amides is 1. The first kappa shape index (κ1) is 23.3. The number of carbonyl (C=O) groups excluding carboxylic acids is 1. The van der Waals surface area contributed by atoms with E-state index in [-0.39, 0.29) is 5.84 Å². The number of rotatable bonds is 8. The van der Waals surface area contributed by atoms with Crippen LogP contribution in [0.2, 0.25) is 0 Å². The number of benzene rings is 2. The van der Waals surface area contributed by atoms with Crippen molar-refractivity contribution in [3.63, 3.8) is 0 Å². The summed E-state index contributed by atoms with van der Waals surface area (Å²) in [6, 6.07) is 9.33. The van der Waals surface area contributed by atoms with Gasteiger partial charge < -0.3 is 15.5 Å². The number of furan rings is 1. The fourth-order valence-electron chi connectivity index (χ4n) is 3.28. The maximum absolute atomic E-state index is 13.1. The fourth-order valence-corrected chi connectivity index (χ4v) is 3.83. The van der Waals surface area contributed by atoms with Gasteiger partial charge in [-0.25, -0.2) is 4.72 Å². The van der Waals surface area contributed by atoms with Crippen LogP contribution < -0.4 is 15.8 Å². The van der Waals surface area contributed by atoms with Gasteiger partial charge in [0.1, 0.15) is 17.5 Å². The highest BCUT2D eigenvalue weighted by Crippen LogP contribution is 2.30. The number of fused-ring (bicyclic) bond motifs is 1. The third kappa shape index (κ3) is 4.76. The monoisotopic (exact) mass is 457 g/mol. The lowest BCUT2D eigenvalue weighted by molar-refractivity contribution is -0.120. The molecule has 0 spiro atoms. The topological polar surface area (TPSA) is 142 Å². The Balaban J connectivity index is 2.07. The average molecular weight is 458 g/mol. The molecule has 10 heteroatoms. The molecular formula is C22H27N5O4S. The summed E-state index contributed by atoms with van der Waals surface area (Å²) >= 11 is 0. The van der Waals surface area contributed by atoms with E-state index in [1.165, 1.54) is 14.1 Å². The lowest BCUT2D eigenvalue weighted by Crippen LogP contribution is -2.43. The van der Waals surface area contributed by atoms with Crippen LogP contribution in [0.1, 0.15) is 35.2 Å². The standard InChI is InChI=1S/C22H27N5O4S/c1-5-14-10-16(11-18-13(2)12-31-20(14)18)19(22(28)26-32(29,30)27(3)4)25-17-8-6-15(7-9-17)21(23)24/h6-12,19,25H,5H2,1-4H3,(H3,23,24)(H,26,28). The average Bonchev–Trinajstić information content (AvgIpc) is 3.12. The van der Waals surface area contributed by atoms with Crippen LogP contribution in [0.15, 0.2) is 47.1 Å². The van der Waals surface area contributed by atoms with Gasteiger partial charge in [0.2, 0.25) is 0 Å². The van der Waals surface area contributed by atoms with Gasteiger partial charge in [-0.1, -0.05) is 6.92 Å². The minimum absolute atomic E-state index is 0.0728. The summed E-state index contributed by atoms with van der Waals surface area (Å²) in [6.07, 6.45) is 2.34. The Morgan fingerprint density at radius 3 is 2.44 bits per heavy atom. The normalized spacial score (nSPS) is 12.7. The smallest absolute Gasteiger partial charge is 0.303 e. The number of carbonyl (C=O) groups is 1. The molecule has 1 amide bonds. The van der Waals surface area contributed by atoms with Crippen LogP contribution in [0.3, 0.4) is 0 Å². The van der Waals surface area contributed by atoms with E-state index in [0.717, 1.165) is 26.4 Å². The molecule has 2 aromatic carbocycles. The molecule has 1 atom stereocenters. The molecule has 5 N–H and O–H groups in total. The number of nitrogens with two attached hydrogens (primary N) is 1. The molecule has 0 aliphatic carbocycles. The van der Waals surface area contributed by atoms with Crippen molar-refractivity contribution >= 4 is 38.6 Å². The lowest BCUT2D eigenvalue weighted by Gasteiger charge is -2.22. The van der Waals surface area contributed by atoms with Crippen LogP contribution in [0.5, 0.6) is 0 Å². The second-order valence-electron chi connectivity index (χ2n) is 7.65. The molecule has 0 bridgehead atoms. The number of nitrogen functional groups attached to an aromatic ring is 1. The maximum Gasteiger partial charge on any atom is 0.303 e. The van der Waals surface area contributed by atoms with Crippen molar-refractivity contribution in [1.82, 2.24) is 9.03 Å². The molecule has 3 aromatic rings. The van der Waals surface area contributed by atoms with Gasteiger partial charge in [0.15, 0.2) is 0 Å². The highest BCUT2D eigenvalue weighted by Gasteiger charge is 2.27. The van der Waals surface area contributed by atoms with Crippen LogP contribution in [0.4, 0.5) is 5.69 Å². The fraction of sp³-hybridized carbons (Fsp3) is 0.273. The summed E-state index contributed by atoms with van der Waals surface area (Å²) in [4.78, 5) is 13.1. The lowest BCUT2D eigenvalue weighted by atomic mass is 9.98. The Labute approximate surface area is 187 Å². The predicted octanol–water partition coefficient (Wildman–Crippen LogP) is 2.66. The molecule has 3 rings (SSSR count). The maximum atomic E-state index is 13.1. The molecule has 0 saturated heterocycles. The van der Waals surface area contributed by atoms with E-state index in [1.807, 2.05) is 26.0 Å². The second-order valence-corrected chi connectivity index (χ2v) is 9.54. The van der Waals surface area contributed by atoms with E-state index in [0.29, 0.717) is 23.2 Å². The molecule has 0 aliphatic heterocycles. The Bertz CT molecular complexity index is 1260. The van der Waals surface area contributed by atoms with Crippen molar-refractivity contribution in [3.05, 3.63) is 64.9 Å². The van der Waals surface area contributed by atoms with E-state index in [2.05, 4.69) is 10.0 Å². The van der Waals surface area contributed by atoms with Crippen molar-refractivity contribution in [1.29, 1.82) is 5.41 Å². The SMILES string of the molecule is CCc1cc(C(Nc2ccc(C(=N)N)cc2)C(=O)NS(=O)(=O)N(C)C)cc2c(C)coc12. The largest absolute Gasteiger partial charge is 0.464 e. The molecule has 1 heterocycles. The second kappa shape index (κ2) is 9.01. The van der Waals surface area contributed by atoms with Gasteiger partial charge in [0.25, 0.3) is 5.91 Å². The number of hydrogen-bond acceptors (Lipinski definition) is 6. The zero-order valence-corrected chi connectivity index (χ0v) is 19.2. The molecule has 1 aromatic heterocycles. The molecule has 0 aliphatic rings. The van der Waals surface area contributed by atoms with Gasteiger partial charge in [-0.3, -0.25) is 10.2 Å². The molecule has 170 valence electrons. The molecule has 9 nitrogen and oxygen atoms in total. The molecule has 1 unspecified atom stereocenters. The molecule has 0 fully saturated rings. The summed E-state index contributed by atoms with van der Waals surface area (Å²) in [6.45, 7) is 3.89. The summed E-state index contributed by atoms with van der Waals surface area (Å²) in [5.41, 5.74) is 9.79. The quantitative estimate of drug-likeness (QED) is 0.303. The summed E-state index contributed by atoms with van der Waals surface area (Å²) in [7, 11) is -1.30. The van der Waals surface area contributed by atoms with Crippen molar-refractivity contribution in [2.24, 2.45) is 5.73 Å². The van der Waals surface area contributed by atoms with Crippen molar-refractivity contribution in [2.75, 3.05) is 19.4 Å². The first-order valence-electron chi connectivity index (χ1n) is 9.99. The van der Waals surface area contributed by atoms with Crippen LogP contribution in [0.25, 0.3) is 11.0 Å². The number of anilines is 1.